The van der Waals surface area contributed by atoms with Crippen LogP contribution in [0.5, 0.6) is 0 Å². The lowest BCUT2D eigenvalue weighted by atomic mass is 10.1. The van der Waals surface area contributed by atoms with Crippen LogP contribution in [0.1, 0.15) is 32.8 Å². The number of nitrogens with zero attached hydrogens (tertiary/aromatic N) is 2. The zero-order chi connectivity index (χ0) is 17.7. The molecule has 2 amide bonds. The van der Waals surface area contributed by atoms with Gasteiger partial charge in [-0.3, -0.25) is 4.79 Å². The first kappa shape index (κ1) is 18.8. The highest BCUT2D eigenvalue weighted by molar-refractivity contribution is 9.10. The van der Waals surface area contributed by atoms with Crippen molar-refractivity contribution in [3.63, 3.8) is 0 Å². The maximum Gasteiger partial charge on any atom is 0.410 e. The highest BCUT2D eigenvalue weighted by Crippen LogP contribution is 2.14. The van der Waals surface area contributed by atoms with E-state index in [0.717, 1.165) is 16.5 Å². The van der Waals surface area contributed by atoms with Gasteiger partial charge in [0.15, 0.2) is 0 Å². The first-order chi connectivity index (χ1) is 11.2. The van der Waals surface area contributed by atoms with Crippen LogP contribution in [-0.4, -0.2) is 53.6 Å². The van der Waals surface area contributed by atoms with E-state index < -0.39 is 5.60 Å². The van der Waals surface area contributed by atoms with Crippen molar-refractivity contribution in [3.8, 4) is 0 Å². The SMILES string of the molecule is CC(C)(C)OC(=O)N1CCCN(C(=O)Cc2ccc(Br)cc2)CC1. The number of carbonyl (C=O) groups excluding carboxylic acids is 2. The highest BCUT2D eigenvalue weighted by atomic mass is 79.9. The molecule has 1 fully saturated rings. The molecule has 1 aromatic rings. The van der Waals surface area contributed by atoms with Crippen LogP contribution in [0.2, 0.25) is 0 Å². The Morgan fingerprint density at radius 3 is 2.25 bits per heavy atom. The quantitative estimate of drug-likeness (QED) is 0.768. The number of benzene rings is 1. The lowest BCUT2D eigenvalue weighted by Crippen LogP contribution is -2.40. The van der Waals surface area contributed by atoms with Gasteiger partial charge in [0.05, 0.1) is 6.42 Å². The molecule has 2 rings (SSSR count). The number of carbonyl (C=O) groups is 2. The van der Waals surface area contributed by atoms with Crippen LogP contribution in [0.4, 0.5) is 4.79 Å². The molecular formula is C18H25BrN2O3. The minimum absolute atomic E-state index is 0.100. The van der Waals surface area contributed by atoms with E-state index in [1.165, 1.54) is 0 Å². The van der Waals surface area contributed by atoms with Gasteiger partial charge in [-0.15, -0.1) is 0 Å². The average Bonchev–Trinajstić information content (AvgIpc) is 2.74. The summed E-state index contributed by atoms with van der Waals surface area (Å²) in [7, 11) is 0. The van der Waals surface area contributed by atoms with Gasteiger partial charge in [-0.1, -0.05) is 28.1 Å². The second kappa shape index (κ2) is 8.01. The van der Waals surface area contributed by atoms with Crippen LogP contribution in [0.25, 0.3) is 0 Å². The number of amides is 2. The van der Waals surface area contributed by atoms with Gasteiger partial charge in [0.2, 0.25) is 5.91 Å². The topological polar surface area (TPSA) is 49.9 Å². The molecule has 0 aromatic heterocycles. The summed E-state index contributed by atoms with van der Waals surface area (Å²) < 4.78 is 6.42. The molecule has 0 spiro atoms. The van der Waals surface area contributed by atoms with Crippen molar-refractivity contribution in [2.75, 3.05) is 26.2 Å². The van der Waals surface area contributed by atoms with Crippen LogP contribution < -0.4 is 0 Å². The zero-order valence-corrected chi connectivity index (χ0v) is 16.1. The van der Waals surface area contributed by atoms with Crippen LogP contribution in [0.3, 0.4) is 0 Å². The number of hydrogen-bond donors (Lipinski definition) is 0. The number of ether oxygens (including phenoxy) is 1. The molecular weight excluding hydrogens is 372 g/mol. The fraction of sp³-hybridized carbons (Fsp3) is 0.556. The Morgan fingerprint density at radius 1 is 1.04 bits per heavy atom. The van der Waals surface area contributed by atoms with Gasteiger partial charge in [0.1, 0.15) is 5.60 Å². The zero-order valence-electron chi connectivity index (χ0n) is 14.5. The maximum atomic E-state index is 12.5. The smallest absolute Gasteiger partial charge is 0.410 e. The predicted molar refractivity (Wildman–Crippen MR) is 96.9 cm³/mol. The van der Waals surface area contributed by atoms with Crippen molar-refractivity contribution in [2.24, 2.45) is 0 Å². The normalized spacial score (nSPS) is 15.8. The molecule has 6 heteroatoms. The number of halogens is 1. The summed E-state index contributed by atoms with van der Waals surface area (Å²) in [4.78, 5) is 28.2. The summed E-state index contributed by atoms with van der Waals surface area (Å²) in [6.07, 6.45) is 0.857. The summed E-state index contributed by atoms with van der Waals surface area (Å²) >= 11 is 3.39. The van der Waals surface area contributed by atoms with Crippen molar-refractivity contribution >= 4 is 27.9 Å². The van der Waals surface area contributed by atoms with Gasteiger partial charge in [0.25, 0.3) is 0 Å². The van der Waals surface area contributed by atoms with Gasteiger partial charge in [-0.05, 0) is 44.9 Å². The highest BCUT2D eigenvalue weighted by Gasteiger charge is 2.25. The first-order valence-electron chi connectivity index (χ1n) is 8.25. The second-order valence-electron chi connectivity index (χ2n) is 7.00. The van der Waals surface area contributed by atoms with Crippen LogP contribution in [-0.2, 0) is 16.0 Å². The molecule has 0 saturated carbocycles. The third kappa shape index (κ3) is 5.82. The van der Waals surface area contributed by atoms with Gasteiger partial charge >= 0.3 is 6.09 Å². The van der Waals surface area contributed by atoms with Gasteiger partial charge in [-0.25, -0.2) is 4.79 Å². The molecule has 0 atom stereocenters. The molecule has 24 heavy (non-hydrogen) atoms. The van der Waals surface area contributed by atoms with Gasteiger partial charge in [-0.2, -0.15) is 0 Å². The maximum absolute atomic E-state index is 12.5. The monoisotopic (exact) mass is 396 g/mol. The molecule has 1 saturated heterocycles. The fourth-order valence-electron chi connectivity index (χ4n) is 2.56. The molecule has 0 bridgehead atoms. The van der Waals surface area contributed by atoms with E-state index in [1.807, 2.05) is 49.9 Å². The Kier molecular flexibility index (Phi) is 6.27. The molecule has 1 aliphatic rings. The van der Waals surface area contributed by atoms with Crippen molar-refractivity contribution in [2.45, 2.75) is 39.2 Å². The molecule has 0 unspecified atom stereocenters. The summed E-state index contributed by atoms with van der Waals surface area (Å²) in [5.74, 6) is 0.100. The Hall–Kier alpha value is -1.56. The van der Waals surface area contributed by atoms with E-state index >= 15 is 0 Å². The predicted octanol–water partition coefficient (Wildman–Crippen LogP) is 3.46. The van der Waals surface area contributed by atoms with Crippen LogP contribution in [0, 0.1) is 0 Å². The average molecular weight is 397 g/mol. The van der Waals surface area contributed by atoms with Crippen molar-refractivity contribution < 1.29 is 14.3 Å². The lowest BCUT2D eigenvalue weighted by molar-refractivity contribution is -0.130. The van der Waals surface area contributed by atoms with E-state index in [9.17, 15) is 9.59 Å². The third-order valence-electron chi connectivity index (χ3n) is 3.77. The third-order valence-corrected chi connectivity index (χ3v) is 4.30. The Labute approximate surface area is 152 Å². The minimum atomic E-state index is -0.500. The van der Waals surface area contributed by atoms with Crippen molar-refractivity contribution in [3.05, 3.63) is 34.3 Å². The summed E-state index contributed by atoms with van der Waals surface area (Å²) in [5.41, 5.74) is 0.497. The lowest BCUT2D eigenvalue weighted by Gasteiger charge is -2.26. The Bertz CT molecular complexity index is 581. The molecule has 0 N–H and O–H groups in total. The fourth-order valence-corrected chi connectivity index (χ4v) is 2.83. The first-order valence-corrected chi connectivity index (χ1v) is 9.04. The number of hydrogen-bond acceptors (Lipinski definition) is 3. The molecule has 1 aliphatic heterocycles. The molecule has 0 radical (unpaired) electrons. The van der Waals surface area contributed by atoms with Crippen LogP contribution in [0.15, 0.2) is 28.7 Å². The van der Waals surface area contributed by atoms with Gasteiger partial charge < -0.3 is 14.5 Å². The summed E-state index contributed by atoms with van der Waals surface area (Å²) in [6.45, 7) is 7.94. The summed E-state index contributed by atoms with van der Waals surface area (Å²) in [5, 5.41) is 0. The molecule has 0 aliphatic carbocycles. The molecule has 1 heterocycles. The number of rotatable bonds is 2. The molecule has 1 aromatic carbocycles. The largest absolute Gasteiger partial charge is 0.444 e. The minimum Gasteiger partial charge on any atom is -0.444 e. The van der Waals surface area contributed by atoms with Crippen molar-refractivity contribution in [1.82, 2.24) is 9.80 Å². The van der Waals surface area contributed by atoms with E-state index in [0.29, 0.717) is 32.6 Å². The standard InChI is InChI=1S/C18H25BrN2O3/c1-18(2,3)24-17(23)21-10-4-9-20(11-12-21)16(22)13-14-5-7-15(19)8-6-14/h5-8H,4,9-13H2,1-3H3. The van der Waals surface area contributed by atoms with E-state index in [-0.39, 0.29) is 12.0 Å². The van der Waals surface area contributed by atoms with E-state index in [4.69, 9.17) is 4.74 Å². The van der Waals surface area contributed by atoms with Gasteiger partial charge in [0, 0.05) is 30.7 Å². The second-order valence-corrected chi connectivity index (χ2v) is 7.92. The molecule has 132 valence electrons. The summed E-state index contributed by atoms with van der Waals surface area (Å²) in [6, 6.07) is 7.78. The van der Waals surface area contributed by atoms with Crippen molar-refractivity contribution in [1.29, 1.82) is 0 Å². The van der Waals surface area contributed by atoms with E-state index in [2.05, 4.69) is 15.9 Å². The van der Waals surface area contributed by atoms with Crippen LogP contribution >= 0.6 is 15.9 Å². The molecule has 5 nitrogen and oxygen atoms in total. The Balaban J connectivity index is 1.89. The van der Waals surface area contributed by atoms with E-state index in [1.54, 1.807) is 4.90 Å². The Morgan fingerprint density at radius 2 is 1.62 bits per heavy atom.